The lowest BCUT2D eigenvalue weighted by molar-refractivity contribution is 1.60. The SMILES string of the molecule is [B]c1cccc(-c2cccc(/C=C\C)c2)c1. The van der Waals surface area contributed by atoms with Crippen molar-refractivity contribution in [1.29, 1.82) is 0 Å². The zero-order valence-corrected chi connectivity index (χ0v) is 9.35. The Morgan fingerprint density at radius 3 is 2.31 bits per heavy atom. The van der Waals surface area contributed by atoms with Crippen LogP contribution in [0.1, 0.15) is 12.5 Å². The molecule has 0 N–H and O–H groups in total. The van der Waals surface area contributed by atoms with Gasteiger partial charge in [0.2, 0.25) is 0 Å². The molecule has 0 bridgehead atoms. The van der Waals surface area contributed by atoms with Crippen molar-refractivity contribution < 1.29 is 0 Å². The third-order valence-electron chi connectivity index (χ3n) is 2.47. The summed E-state index contributed by atoms with van der Waals surface area (Å²) in [5, 5.41) is 0. The van der Waals surface area contributed by atoms with Crippen LogP contribution in [-0.4, -0.2) is 7.85 Å². The molecule has 0 unspecified atom stereocenters. The molecule has 2 rings (SSSR count). The van der Waals surface area contributed by atoms with Gasteiger partial charge in [0.1, 0.15) is 7.85 Å². The van der Waals surface area contributed by atoms with Crippen LogP contribution in [0.2, 0.25) is 0 Å². The molecule has 0 aliphatic carbocycles. The molecular formula is C15H13B. The van der Waals surface area contributed by atoms with E-state index in [1.807, 2.05) is 31.2 Å². The van der Waals surface area contributed by atoms with E-state index in [2.05, 4.69) is 36.4 Å². The molecular weight excluding hydrogens is 191 g/mol. The van der Waals surface area contributed by atoms with Gasteiger partial charge in [0, 0.05) is 0 Å². The lowest BCUT2D eigenvalue weighted by atomic mass is 9.92. The Kier molecular flexibility index (Phi) is 3.26. The highest BCUT2D eigenvalue weighted by molar-refractivity contribution is 6.32. The smallest absolute Gasteiger partial charge is 0.0961 e. The largest absolute Gasteiger partial charge is 0.113 e. The summed E-state index contributed by atoms with van der Waals surface area (Å²) >= 11 is 0. The molecule has 2 radical (unpaired) electrons. The van der Waals surface area contributed by atoms with E-state index >= 15 is 0 Å². The molecule has 0 fully saturated rings. The van der Waals surface area contributed by atoms with Gasteiger partial charge in [-0.3, -0.25) is 0 Å². The second-order valence-corrected chi connectivity index (χ2v) is 3.75. The first-order valence-corrected chi connectivity index (χ1v) is 5.38. The fourth-order valence-electron chi connectivity index (χ4n) is 1.73. The average Bonchev–Trinajstić information content (AvgIpc) is 2.30. The molecule has 2 aromatic carbocycles. The first kappa shape index (κ1) is 10.8. The van der Waals surface area contributed by atoms with Gasteiger partial charge in [0.05, 0.1) is 0 Å². The molecule has 2 aromatic rings. The van der Waals surface area contributed by atoms with Crippen molar-refractivity contribution in [3.05, 3.63) is 60.2 Å². The summed E-state index contributed by atoms with van der Waals surface area (Å²) in [5.41, 5.74) is 4.37. The zero-order chi connectivity index (χ0) is 11.4. The molecule has 16 heavy (non-hydrogen) atoms. The summed E-state index contributed by atoms with van der Waals surface area (Å²) < 4.78 is 0. The van der Waals surface area contributed by atoms with E-state index in [0.29, 0.717) is 0 Å². The predicted molar refractivity (Wildman–Crippen MR) is 72.0 cm³/mol. The fraction of sp³-hybridized carbons (Fsp3) is 0.0667. The summed E-state index contributed by atoms with van der Waals surface area (Å²) in [6.45, 7) is 2.02. The maximum Gasteiger partial charge on any atom is 0.113 e. The first-order chi connectivity index (χ1) is 7.79. The molecule has 0 aromatic heterocycles. The van der Waals surface area contributed by atoms with Crippen molar-refractivity contribution in [2.45, 2.75) is 6.92 Å². The summed E-state index contributed by atoms with van der Waals surface area (Å²) in [6.07, 6.45) is 4.13. The first-order valence-electron chi connectivity index (χ1n) is 5.38. The van der Waals surface area contributed by atoms with Gasteiger partial charge in [0.25, 0.3) is 0 Å². The Hall–Kier alpha value is -1.76. The van der Waals surface area contributed by atoms with Crippen LogP contribution >= 0.6 is 0 Å². The van der Waals surface area contributed by atoms with E-state index in [4.69, 9.17) is 7.85 Å². The lowest BCUT2D eigenvalue weighted by Gasteiger charge is -2.04. The fourth-order valence-corrected chi connectivity index (χ4v) is 1.73. The number of hydrogen-bond acceptors (Lipinski definition) is 0. The standard InChI is InChI=1S/C15H13B/c1-2-5-12-6-3-7-13(10-12)14-8-4-9-15(16)11-14/h2-11H,1H3/b5-2-. The number of hydrogen-bond donors (Lipinski definition) is 0. The van der Waals surface area contributed by atoms with Gasteiger partial charge >= 0.3 is 0 Å². The van der Waals surface area contributed by atoms with Crippen LogP contribution in [0.25, 0.3) is 17.2 Å². The van der Waals surface area contributed by atoms with Gasteiger partial charge < -0.3 is 0 Å². The minimum absolute atomic E-state index is 0.800. The van der Waals surface area contributed by atoms with Crippen molar-refractivity contribution >= 4 is 19.4 Å². The van der Waals surface area contributed by atoms with E-state index in [9.17, 15) is 0 Å². The Labute approximate surface area is 98.0 Å². The van der Waals surface area contributed by atoms with Crippen LogP contribution in [-0.2, 0) is 0 Å². The van der Waals surface area contributed by atoms with Gasteiger partial charge in [0.15, 0.2) is 0 Å². The summed E-state index contributed by atoms with van der Waals surface area (Å²) in [6, 6.07) is 16.4. The van der Waals surface area contributed by atoms with E-state index in [1.165, 1.54) is 11.1 Å². The Balaban J connectivity index is 2.44. The molecule has 0 saturated heterocycles. The van der Waals surface area contributed by atoms with Crippen LogP contribution in [0, 0.1) is 0 Å². The maximum atomic E-state index is 5.78. The zero-order valence-electron chi connectivity index (χ0n) is 9.35. The third kappa shape index (κ3) is 2.43. The summed E-state index contributed by atoms with van der Waals surface area (Å²) in [4.78, 5) is 0. The lowest BCUT2D eigenvalue weighted by Crippen LogP contribution is -2.00. The highest BCUT2D eigenvalue weighted by Gasteiger charge is 1.97. The van der Waals surface area contributed by atoms with Crippen LogP contribution in [0.3, 0.4) is 0 Å². The van der Waals surface area contributed by atoms with Gasteiger partial charge in [-0.15, -0.1) is 0 Å². The minimum Gasteiger partial charge on any atom is -0.0961 e. The summed E-state index contributed by atoms with van der Waals surface area (Å²) in [5.74, 6) is 0. The van der Waals surface area contributed by atoms with Crippen LogP contribution in [0.5, 0.6) is 0 Å². The molecule has 0 aliphatic rings. The molecule has 76 valence electrons. The van der Waals surface area contributed by atoms with Crippen LogP contribution in [0.15, 0.2) is 54.6 Å². The van der Waals surface area contributed by atoms with Gasteiger partial charge in [-0.1, -0.05) is 60.1 Å². The Bertz CT molecular complexity index is 512. The molecule has 0 amide bonds. The van der Waals surface area contributed by atoms with E-state index in [0.717, 1.165) is 11.0 Å². The van der Waals surface area contributed by atoms with E-state index in [1.54, 1.807) is 0 Å². The monoisotopic (exact) mass is 204 g/mol. The molecule has 0 aliphatic heterocycles. The number of allylic oxidation sites excluding steroid dienone is 1. The normalized spacial score (nSPS) is 10.8. The number of rotatable bonds is 2. The van der Waals surface area contributed by atoms with E-state index in [-0.39, 0.29) is 0 Å². The van der Waals surface area contributed by atoms with Gasteiger partial charge in [-0.2, -0.15) is 0 Å². The molecule has 0 spiro atoms. The summed E-state index contributed by atoms with van der Waals surface area (Å²) in [7, 11) is 5.78. The van der Waals surface area contributed by atoms with Crippen molar-refractivity contribution in [1.82, 2.24) is 0 Å². The number of benzene rings is 2. The third-order valence-corrected chi connectivity index (χ3v) is 2.47. The second kappa shape index (κ2) is 4.85. The van der Waals surface area contributed by atoms with Gasteiger partial charge in [-0.05, 0) is 29.7 Å². The van der Waals surface area contributed by atoms with Crippen molar-refractivity contribution in [3.8, 4) is 11.1 Å². The van der Waals surface area contributed by atoms with Crippen molar-refractivity contribution in [3.63, 3.8) is 0 Å². The second-order valence-electron chi connectivity index (χ2n) is 3.75. The van der Waals surface area contributed by atoms with E-state index < -0.39 is 0 Å². The maximum absolute atomic E-state index is 5.78. The van der Waals surface area contributed by atoms with Crippen LogP contribution in [0.4, 0.5) is 0 Å². The molecule has 0 saturated carbocycles. The quantitative estimate of drug-likeness (QED) is 0.659. The van der Waals surface area contributed by atoms with Crippen LogP contribution < -0.4 is 5.46 Å². The van der Waals surface area contributed by atoms with Crippen molar-refractivity contribution in [2.24, 2.45) is 0 Å². The molecule has 0 heterocycles. The Morgan fingerprint density at radius 1 is 0.938 bits per heavy atom. The minimum atomic E-state index is 0.800. The highest BCUT2D eigenvalue weighted by atomic mass is 14.0. The highest BCUT2D eigenvalue weighted by Crippen LogP contribution is 2.19. The Morgan fingerprint density at radius 2 is 1.62 bits per heavy atom. The van der Waals surface area contributed by atoms with Gasteiger partial charge in [-0.25, -0.2) is 0 Å². The molecule has 0 nitrogen and oxygen atoms in total. The molecule has 0 atom stereocenters. The topological polar surface area (TPSA) is 0 Å². The average molecular weight is 204 g/mol. The predicted octanol–water partition coefficient (Wildman–Crippen LogP) is 3.18. The molecule has 1 heteroatoms. The van der Waals surface area contributed by atoms with Crippen molar-refractivity contribution in [2.75, 3.05) is 0 Å².